The van der Waals surface area contributed by atoms with Gasteiger partial charge in [0.05, 0.1) is 35.1 Å². The van der Waals surface area contributed by atoms with Crippen molar-refractivity contribution < 1.29 is 37.3 Å². The van der Waals surface area contributed by atoms with Crippen LogP contribution in [0.2, 0.25) is 0 Å². The molecule has 0 spiro atoms. The second kappa shape index (κ2) is 11.5. The minimum Gasteiger partial charge on any atom is -0.489 e. The summed E-state index contributed by atoms with van der Waals surface area (Å²) in [5.41, 5.74) is 2.02. The quantitative estimate of drug-likeness (QED) is 0.296. The number of methoxy groups -OCH3 is 1. The Bertz CT molecular complexity index is 1640. The zero-order valence-electron chi connectivity index (χ0n) is 21.7. The molecule has 14 heteroatoms. The number of alkyl halides is 3. The number of aromatic nitrogens is 4. The number of fused-ring (bicyclic) bond motifs is 3. The van der Waals surface area contributed by atoms with Crippen LogP contribution in [-0.2, 0) is 32.2 Å². The van der Waals surface area contributed by atoms with Crippen molar-refractivity contribution in [2.75, 3.05) is 19.5 Å². The smallest absolute Gasteiger partial charge is 0.414 e. The summed E-state index contributed by atoms with van der Waals surface area (Å²) in [6.45, 7) is -0.0326. The van der Waals surface area contributed by atoms with E-state index in [0.29, 0.717) is 50.3 Å². The molecule has 0 radical (unpaired) electrons. The summed E-state index contributed by atoms with van der Waals surface area (Å²) in [7, 11) is 1.40. The van der Waals surface area contributed by atoms with Crippen LogP contribution in [0.15, 0.2) is 42.5 Å². The van der Waals surface area contributed by atoms with Crippen LogP contribution in [-0.4, -0.2) is 62.9 Å². The summed E-state index contributed by atoms with van der Waals surface area (Å²) < 4.78 is 58.7. The van der Waals surface area contributed by atoms with E-state index in [1.807, 2.05) is 0 Å². The van der Waals surface area contributed by atoms with Crippen molar-refractivity contribution in [3.8, 4) is 11.8 Å². The Morgan fingerprint density at radius 2 is 2.15 bits per heavy atom. The summed E-state index contributed by atoms with van der Waals surface area (Å²) in [6, 6.07) is 14.2. The molecule has 4 aromatic rings. The molecular formula is C27H24F3N5O5S. The Hall–Kier alpha value is -3.93. The van der Waals surface area contributed by atoms with Gasteiger partial charge in [0.25, 0.3) is 0 Å². The first-order valence-electron chi connectivity index (χ1n) is 12.5. The standard InChI is InChI=1S/C27H24F3N5O5S/c1-38-26(5-6-39-23(11-26)27(28,29)30)19-4-2-3-16(7-19)13-40-22-10-21-20(8-18(22)14-41-15-25(36)37)17(12-31)9-24-32-33-34-35(21)24/h2-4,7-10,23H,5-6,11,13-15H2,1H3,(H,36,37). The van der Waals surface area contributed by atoms with Crippen molar-refractivity contribution in [2.24, 2.45) is 0 Å². The third-order valence-corrected chi connectivity index (χ3v) is 7.98. The number of rotatable bonds is 9. The summed E-state index contributed by atoms with van der Waals surface area (Å²) in [5.74, 6) is -0.367. The van der Waals surface area contributed by atoms with Gasteiger partial charge in [-0.1, -0.05) is 18.2 Å². The number of nitrogens with zero attached hydrogens (tertiary/aromatic N) is 5. The van der Waals surface area contributed by atoms with Gasteiger partial charge in [0, 0.05) is 48.8 Å². The third kappa shape index (κ3) is 5.92. The number of tetrazole rings is 1. The highest BCUT2D eigenvalue weighted by Crippen LogP contribution is 2.43. The number of carbonyl (C=O) groups is 1. The van der Waals surface area contributed by atoms with Crippen LogP contribution < -0.4 is 4.74 Å². The maximum atomic E-state index is 13.5. The molecule has 214 valence electrons. The molecule has 2 atom stereocenters. The lowest BCUT2D eigenvalue weighted by Gasteiger charge is -2.40. The highest BCUT2D eigenvalue weighted by molar-refractivity contribution is 7.99. The molecule has 5 rings (SSSR count). The van der Waals surface area contributed by atoms with Gasteiger partial charge in [-0.15, -0.1) is 16.9 Å². The van der Waals surface area contributed by atoms with Gasteiger partial charge in [-0.2, -0.15) is 22.9 Å². The summed E-state index contributed by atoms with van der Waals surface area (Å²) >= 11 is 1.17. The van der Waals surface area contributed by atoms with Crippen LogP contribution in [0.4, 0.5) is 13.2 Å². The van der Waals surface area contributed by atoms with Crippen LogP contribution in [0.3, 0.4) is 0 Å². The number of thioether (sulfide) groups is 1. The number of hydrogen-bond donors (Lipinski definition) is 1. The lowest BCUT2D eigenvalue weighted by atomic mass is 9.82. The molecule has 0 saturated carbocycles. The number of ether oxygens (including phenoxy) is 3. The average molecular weight is 588 g/mol. The summed E-state index contributed by atoms with van der Waals surface area (Å²) in [6.07, 6.45) is -6.54. The molecule has 41 heavy (non-hydrogen) atoms. The highest BCUT2D eigenvalue weighted by atomic mass is 32.2. The van der Waals surface area contributed by atoms with Gasteiger partial charge in [0.2, 0.25) is 0 Å². The predicted molar refractivity (Wildman–Crippen MR) is 141 cm³/mol. The monoisotopic (exact) mass is 587 g/mol. The number of carboxylic acids is 1. The highest BCUT2D eigenvalue weighted by Gasteiger charge is 2.50. The molecule has 2 unspecified atom stereocenters. The van der Waals surface area contributed by atoms with Gasteiger partial charge in [0.15, 0.2) is 11.8 Å². The zero-order valence-corrected chi connectivity index (χ0v) is 22.5. The van der Waals surface area contributed by atoms with Gasteiger partial charge in [0.1, 0.15) is 12.4 Å². The van der Waals surface area contributed by atoms with Crippen LogP contribution in [0, 0.1) is 11.3 Å². The molecule has 10 nitrogen and oxygen atoms in total. The fourth-order valence-corrected chi connectivity index (χ4v) is 5.69. The van der Waals surface area contributed by atoms with Crippen molar-refractivity contribution in [3.05, 3.63) is 64.7 Å². The number of pyridine rings is 1. The fourth-order valence-electron chi connectivity index (χ4n) is 4.96. The summed E-state index contributed by atoms with van der Waals surface area (Å²) in [5, 5.41) is 31.0. The van der Waals surface area contributed by atoms with E-state index in [1.165, 1.54) is 23.4 Å². The second-order valence-electron chi connectivity index (χ2n) is 9.52. The van der Waals surface area contributed by atoms with Crippen molar-refractivity contribution in [1.29, 1.82) is 5.26 Å². The van der Waals surface area contributed by atoms with Gasteiger partial charge in [-0.25, -0.2) is 0 Å². The van der Waals surface area contributed by atoms with Crippen molar-refractivity contribution in [2.45, 2.75) is 43.1 Å². The molecule has 1 aliphatic rings. The molecular weight excluding hydrogens is 563 g/mol. The lowest BCUT2D eigenvalue weighted by molar-refractivity contribution is -0.258. The second-order valence-corrected chi connectivity index (χ2v) is 10.5. The van der Waals surface area contributed by atoms with E-state index in [0.717, 1.165) is 0 Å². The zero-order chi connectivity index (χ0) is 29.2. The number of halogens is 3. The van der Waals surface area contributed by atoms with Crippen molar-refractivity contribution in [3.63, 3.8) is 0 Å². The van der Waals surface area contributed by atoms with Gasteiger partial charge < -0.3 is 19.3 Å². The molecule has 2 aromatic carbocycles. The number of nitriles is 1. The maximum absolute atomic E-state index is 13.5. The van der Waals surface area contributed by atoms with E-state index in [-0.39, 0.29) is 31.8 Å². The average Bonchev–Trinajstić information content (AvgIpc) is 3.44. The van der Waals surface area contributed by atoms with E-state index in [4.69, 9.17) is 19.3 Å². The Morgan fingerprint density at radius 3 is 2.88 bits per heavy atom. The molecule has 1 fully saturated rings. The molecule has 0 amide bonds. The molecule has 0 aliphatic carbocycles. The Balaban J connectivity index is 1.47. The maximum Gasteiger partial charge on any atom is 0.414 e. The van der Waals surface area contributed by atoms with E-state index in [2.05, 4.69) is 21.6 Å². The largest absolute Gasteiger partial charge is 0.489 e. The lowest BCUT2D eigenvalue weighted by Crippen LogP contribution is -2.46. The van der Waals surface area contributed by atoms with Gasteiger partial charge in [-0.3, -0.25) is 4.79 Å². The third-order valence-electron chi connectivity index (χ3n) is 7.01. The Kier molecular flexibility index (Phi) is 8.03. The Labute approximate surface area is 236 Å². The first kappa shape index (κ1) is 28.6. The molecule has 2 aromatic heterocycles. The van der Waals surface area contributed by atoms with Crippen molar-refractivity contribution in [1.82, 2.24) is 20.0 Å². The molecule has 1 aliphatic heterocycles. The van der Waals surface area contributed by atoms with Crippen LogP contribution >= 0.6 is 11.8 Å². The Morgan fingerprint density at radius 1 is 1.32 bits per heavy atom. The van der Waals surface area contributed by atoms with Gasteiger partial charge >= 0.3 is 12.1 Å². The van der Waals surface area contributed by atoms with E-state index in [9.17, 15) is 23.2 Å². The number of carboxylic acid groups (broad SMARTS) is 1. The number of hydrogen-bond acceptors (Lipinski definition) is 9. The number of aliphatic carboxylic acids is 1. The van der Waals surface area contributed by atoms with Crippen LogP contribution in [0.25, 0.3) is 16.6 Å². The first-order chi connectivity index (χ1) is 19.6. The predicted octanol–water partition coefficient (Wildman–Crippen LogP) is 4.63. The number of benzene rings is 2. The van der Waals surface area contributed by atoms with Crippen LogP contribution in [0.1, 0.15) is 35.1 Å². The van der Waals surface area contributed by atoms with E-state index >= 15 is 0 Å². The normalized spacial score (nSPS) is 19.3. The van der Waals surface area contributed by atoms with Crippen LogP contribution in [0.5, 0.6) is 5.75 Å². The minimum absolute atomic E-state index is 0.0611. The molecule has 1 N–H and O–H groups in total. The molecule has 3 heterocycles. The van der Waals surface area contributed by atoms with Crippen molar-refractivity contribution >= 4 is 34.3 Å². The fraction of sp³-hybridized carbons (Fsp3) is 0.370. The van der Waals surface area contributed by atoms with E-state index in [1.54, 1.807) is 42.5 Å². The SMILES string of the molecule is COC1(c2cccc(COc3cc4c(cc3CSCC(=O)O)c(C#N)cc3nnnn34)c2)CCOC(C(F)(F)F)C1. The van der Waals surface area contributed by atoms with E-state index < -0.39 is 23.9 Å². The molecule has 1 saturated heterocycles. The minimum atomic E-state index is -4.51. The molecule has 0 bridgehead atoms. The van der Waals surface area contributed by atoms with Gasteiger partial charge in [-0.05, 0) is 33.7 Å². The topological polar surface area (TPSA) is 132 Å². The first-order valence-corrected chi connectivity index (χ1v) is 13.6. The summed E-state index contributed by atoms with van der Waals surface area (Å²) in [4.78, 5) is 11.1.